The number of rotatable bonds is 4. The number of ether oxygens (including phenoxy) is 4. The van der Waals surface area contributed by atoms with Gasteiger partial charge in [-0.05, 0) is 24.3 Å². The van der Waals surface area contributed by atoms with E-state index in [9.17, 15) is 14.7 Å². The Bertz CT molecular complexity index is 1480. The van der Waals surface area contributed by atoms with Gasteiger partial charge in [-0.15, -0.1) is 0 Å². The molecule has 2 aromatic carbocycles. The minimum atomic E-state index is -1.09. The molecule has 1 aliphatic rings. The standard InChI is InChI=1S/C23H18O9/c1-27-12-8-4-6-10-17(24)15(21(25)30-18(10)12)14-16-20(32-23(14)29-3)11-7-5-9-13(28-2)19(11)31-22(16)26/h4-9,14,23-24H,1-3H3. The molecule has 32 heavy (non-hydrogen) atoms. The average molecular weight is 438 g/mol. The highest BCUT2D eigenvalue weighted by Gasteiger charge is 2.44. The van der Waals surface area contributed by atoms with Crippen LogP contribution in [0.25, 0.3) is 21.9 Å². The van der Waals surface area contributed by atoms with Gasteiger partial charge in [0.25, 0.3) is 0 Å². The van der Waals surface area contributed by atoms with Crippen LogP contribution < -0.4 is 25.5 Å². The molecule has 2 aromatic heterocycles. The van der Waals surface area contributed by atoms with Gasteiger partial charge in [-0.25, -0.2) is 9.59 Å². The average Bonchev–Trinajstić information content (AvgIpc) is 3.19. The molecule has 1 N–H and O–H groups in total. The van der Waals surface area contributed by atoms with Crippen LogP contribution in [0.15, 0.2) is 54.8 Å². The number of para-hydroxylation sites is 2. The minimum absolute atomic E-state index is 0.0439. The van der Waals surface area contributed by atoms with E-state index < -0.39 is 23.5 Å². The first-order valence-corrected chi connectivity index (χ1v) is 9.66. The van der Waals surface area contributed by atoms with E-state index in [0.717, 1.165) is 0 Å². The van der Waals surface area contributed by atoms with Gasteiger partial charge in [0.1, 0.15) is 11.5 Å². The Morgan fingerprint density at radius 1 is 0.812 bits per heavy atom. The molecule has 164 valence electrons. The Labute approximate surface area is 180 Å². The zero-order valence-corrected chi connectivity index (χ0v) is 17.3. The zero-order chi connectivity index (χ0) is 22.6. The molecule has 2 atom stereocenters. The maximum absolute atomic E-state index is 13.0. The summed E-state index contributed by atoms with van der Waals surface area (Å²) in [5.74, 6) is -0.622. The summed E-state index contributed by atoms with van der Waals surface area (Å²) < 4.78 is 32.9. The van der Waals surface area contributed by atoms with Crippen LogP contribution in [0.3, 0.4) is 0 Å². The molecular weight excluding hydrogens is 420 g/mol. The summed E-state index contributed by atoms with van der Waals surface area (Å²) in [6, 6.07) is 9.88. The predicted molar refractivity (Wildman–Crippen MR) is 113 cm³/mol. The summed E-state index contributed by atoms with van der Waals surface area (Å²) in [7, 11) is 4.25. The van der Waals surface area contributed by atoms with Gasteiger partial charge >= 0.3 is 11.3 Å². The van der Waals surface area contributed by atoms with E-state index in [4.69, 9.17) is 27.8 Å². The Hall–Kier alpha value is -3.98. The number of hydrogen-bond donors (Lipinski definition) is 1. The van der Waals surface area contributed by atoms with Gasteiger partial charge < -0.3 is 32.9 Å². The highest BCUT2D eigenvalue weighted by atomic mass is 16.7. The molecular formula is C23H18O9. The maximum atomic E-state index is 13.0. The molecule has 9 heteroatoms. The summed E-state index contributed by atoms with van der Waals surface area (Å²) >= 11 is 0. The molecule has 0 saturated carbocycles. The number of aromatic hydroxyl groups is 1. The third-order valence-corrected chi connectivity index (χ3v) is 5.59. The highest BCUT2D eigenvalue weighted by Crippen LogP contribution is 2.48. The van der Waals surface area contributed by atoms with Crippen molar-refractivity contribution in [1.29, 1.82) is 0 Å². The highest BCUT2D eigenvalue weighted by molar-refractivity contribution is 5.91. The molecule has 0 aliphatic carbocycles. The van der Waals surface area contributed by atoms with E-state index in [1.807, 2.05) is 0 Å². The number of benzene rings is 2. The largest absolute Gasteiger partial charge is 0.507 e. The Balaban J connectivity index is 1.83. The first-order chi connectivity index (χ1) is 15.5. The van der Waals surface area contributed by atoms with Crippen molar-refractivity contribution in [2.75, 3.05) is 21.3 Å². The topological polar surface area (TPSA) is 118 Å². The van der Waals surface area contributed by atoms with Crippen molar-refractivity contribution in [2.24, 2.45) is 0 Å². The Morgan fingerprint density at radius 3 is 1.97 bits per heavy atom. The normalized spacial score (nSPS) is 17.3. The molecule has 3 heterocycles. The van der Waals surface area contributed by atoms with Gasteiger partial charge in [0.05, 0.1) is 42.0 Å². The monoisotopic (exact) mass is 438 g/mol. The third kappa shape index (κ3) is 2.68. The maximum Gasteiger partial charge on any atom is 0.344 e. The molecule has 1 aliphatic heterocycles. The van der Waals surface area contributed by atoms with Crippen LogP contribution in [-0.2, 0) is 4.74 Å². The SMILES string of the molecule is COc1cccc2c(O)c(C3c4c(c5cccc(OC)c5oc4=O)OC3OC)c(=O)oc12. The fraction of sp³-hybridized carbons (Fsp3) is 0.217. The fourth-order valence-corrected chi connectivity index (χ4v) is 4.16. The van der Waals surface area contributed by atoms with Gasteiger partial charge in [0.2, 0.25) is 6.29 Å². The zero-order valence-electron chi connectivity index (χ0n) is 17.3. The van der Waals surface area contributed by atoms with Gasteiger partial charge in [-0.3, -0.25) is 0 Å². The second-order valence-electron chi connectivity index (χ2n) is 7.16. The summed E-state index contributed by atoms with van der Waals surface area (Å²) in [6.07, 6.45) is -1.08. The Kier molecular flexibility index (Phi) is 4.56. The second-order valence-corrected chi connectivity index (χ2v) is 7.16. The lowest BCUT2D eigenvalue weighted by atomic mass is 9.92. The van der Waals surface area contributed by atoms with Crippen LogP contribution in [0, 0.1) is 0 Å². The lowest BCUT2D eigenvalue weighted by Gasteiger charge is -2.18. The molecule has 0 radical (unpaired) electrons. The first kappa shape index (κ1) is 20.0. The van der Waals surface area contributed by atoms with E-state index in [1.54, 1.807) is 36.4 Å². The quantitative estimate of drug-likeness (QED) is 0.480. The van der Waals surface area contributed by atoms with Crippen molar-refractivity contribution in [3.8, 4) is 23.0 Å². The lowest BCUT2D eigenvalue weighted by Crippen LogP contribution is -2.28. The Morgan fingerprint density at radius 2 is 1.38 bits per heavy atom. The molecule has 0 saturated heterocycles. The smallest absolute Gasteiger partial charge is 0.344 e. The summed E-state index contributed by atoms with van der Waals surface area (Å²) in [5, 5.41) is 11.8. The molecule has 9 nitrogen and oxygen atoms in total. The molecule has 2 unspecified atom stereocenters. The first-order valence-electron chi connectivity index (χ1n) is 9.66. The van der Waals surface area contributed by atoms with Gasteiger partial charge in [0, 0.05) is 7.11 Å². The lowest BCUT2D eigenvalue weighted by molar-refractivity contribution is -0.0472. The van der Waals surface area contributed by atoms with Crippen molar-refractivity contribution in [2.45, 2.75) is 12.2 Å². The van der Waals surface area contributed by atoms with Crippen molar-refractivity contribution in [1.82, 2.24) is 0 Å². The molecule has 0 fully saturated rings. The fourth-order valence-electron chi connectivity index (χ4n) is 4.16. The van der Waals surface area contributed by atoms with E-state index in [0.29, 0.717) is 11.1 Å². The van der Waals surface area contributed by atoms with Gasteiger partial charge in [-0.1, -0.05) is 12.1 Å². The van der Waals surface area contributed by atoms with Crippen LogP contribution in [-0.4, -0.2) is 32.7 Å². The number of fused-ring (bicyclic) bond motifs is 4. The summed E-state index contributed by atoms with van der Waals surface area (Å²) in [4.78, 5) is 26.0. The predicted octanol–water partition coefficient (Wildman–Crippen LogP) is 3.12. The van der Waals surface area contributed by atoms with Crippen molar-refractivity contribution in [3.05, 3.63) is 68.4 Å². The van der Waals surface area contributed by atoms with Crippen molar-refractivity contribution >= 4 is 21.9 Å². The molecule has 5 rings (SSSR count). The van der Waals surface area contributed by atoms with Crippen molar-refractivity contribution < 1.29 is 32.9 Å². The summed E-state index contributed by atoms with van der Waals surface area (Å²) in [6.45, 7) is 0. The van der Waals surface area contributed by atoms with Gasteiger partial charge in [-0.2, -0.15) is 0 Å². The van der Waals surface area contributed by atoms with E-state index in [2.05, 4.69) is 0 Å². The number of hydrogen-bond acceptors (Lipinski definition) is 9. The summed E-state index contributed by atoms with van der Waals surface area (Å²) in [5.41, 5.74) is -1.44. The minimum Gasteiger partial charge on any atom is -0.507 e. The van der Waals surface area contributed by atoms with E-state index >= 15 is 0 Å². The third-order valence-electron chi connectivity index (χ3n) is 5.59. The molecule has 0 bridgehead atoms. The molecule has 0 spiro atoms. The van der Waals surface area contributed by atoms with Crippen LogP contribution in [0.4, 0.5) is 0 Å². The van der Waals surface area contributed by atoms with E-state index in [-0.39, 0.29) is 44.9 Å². The van der Waals surface area contributed by atoms with E-state index in [1.165, 1.54) is 21.3 Å². The van der Waals surface area contributed by atoms with Crippen molar-refractivity contribution in [3.63, 3.8) is 0 Å². The van der Waals surface area contributed by atoms with Crippen LogP contribution in [0.1, 0.15) is 17.0 Å². The van der Waals surface area contributed by atoms with Crippen LogP contribution in [0.2, 0.25) is 0 Å². The van der Waals surface area contributed by atoms with Crippen LogP contribution in [0.5, 0.6) is 23.0 Å². The number of methoxy groups -OCH3 is 3. The molecule has 0 amide bonds. The molecule has 4 aromatic rings. The van der Waals surface area contributed by atoms with Crippen LogP contribution >= 0.6 is 0 Å². The second kappa shape index (κ2) is 7.31. The van der Waals surface area contributed by atoms with Gasteiger partial charge in [0.15, 0.2) is 22.7 Å².